The molecule has 2 rings (SSSR count). The number of carbonyl (C=O) groups is 1. The average Bonchev–Trinajstić information content (AvgIpc) is 2.85. The standard InChI is InChI=1S/C14H17ClFNO3S/c1-9(2)12-4-3-7-17(12)14(18)11-8-10(16)5-6-13(11)21(15,19)20/h5-6,8-9,12H,3-4,7H2,1-2H3. The lowest BCUT2D eigenvalue weighted by molar-refractivity contribution is 0.0697. The number of hydrogen-bond donors (Lipinski definition) is 0. The van der Waals surface area contributed by atoms with Gasteiger partial charge in [0.15, 0.2) is 0 Å². The molecule has 1 saturated heterocycles. The monoisotopic (exact) mass is 333 g/mol. The van der Waals surface area contributed by atoms with Crippen LogP contribution in [0.3, 0.4) is 0 Å². The highest BCUT2D eigenvalue weighted by Crippen LogP contribution is 2.29. The zero-order chi connectivity index (χ0) is 15.8. The zero-order valence-electron chi connectivity index (χ0n) is 11.8. The van der Waals surface area contributed by atoms with E-state index in [0.717, 1.165) is 31.0 Å². The number of carbonyl (C=O) groups excluding carboxylic acids is 1. The van der Waals surface area contributed by atoms with E-state index >= 15 is 0 Å². The highest BCUT2D eigenvalue weighted by molar-refractivity contribution is 8.13. The maximum Gasteiger partial charge on any atom is 0.262 e. The summed E-state index contributed by atoms with van der Waals surface area (Å²) in [5, 5.41) is 0. The minimum Gasteiger partial charge on any atom is -0.335 e. The van der Waals surface area contributed by atoms with Crippen molar-refractivity contribution in [2.24, 2.45) is 5.92 Å². The molecule has 1 aliphatic heterocycles. The molecule has 0 aliphatic carbocycles. The molecule has 0 N–H and O–H groups in total. The molecule has 4 nitrogen and oxygen atoms in total. The van der Waals surface area contributed by atoms with Crippen molar-refractivity contribution in [1.82, 2.24) is 4.90 Å². The van der Waals surface area contributed by atoms with Gasteiger partial charge in [0.2, 0.25) is 0 Å². The lowest BCUT2D eigenvalue weighted by Gasteiger charge is -2.28. The SMILES string of the molecule is CC(C)C1CCCN1C(=O)c1cc(F)ccc1S(=O)(=O)Cl. The molecule has 0 radical (unpaired) electrons. The Morgan fingerprint density at radius 1 is 1.43 bits per heavy atom. The van der Waals surface area contributed by atoms with E-state index in [1.54, 1.807) is 4.90 Å². The molecule has 116 valence electrons. The van der Waals surface area contributed by atoms with Crippen molar-refractivity contribution in [2.45, 2.75) is 37.6 Å². The van der Waals surface area contributed by atoms with Crippen molar-refractivity contribution in [3.8, 4) is 0 Å². The number of likely N-dealkylation sites (tertiary alicyclic amines) is 1. The van der Waals surface area contributed by atoms with Gasteiger partial charge in [0.25, 0.3) is 15.0 Å². The van der Waals surface area contributed by atoms with Crippen molar-refractivity contribution in [2.75, 3.05) is 6.54 Å². The Labute approximate surface area is 128 Å². The molecule has 0 saturated carbocycles. The summed E-state index contributed by atoms with van der Waals surface area (Å²) >= 11 is 0. The van der Waals surface area contributed by atoms with Gasteiger partial charge in [0.1, 0.15) is 5.82 Å². The highest BCUT2D eigenvalue weighted by Gasteiger charge is 2.33. The van der Waals surface area contributed by atoms with Gasteiger partial charge < -0.3 is 4.90 Å². The van der Waals surface area contributed by atoms with Gasteiger partial charge >= 0.3 is 0 Å². The van der Waals surface area contributed by atoms with Gasteiger partial charge in [0, 0.05) is 23.3 Å². The van der Waals surface area contributed by atoms with E-state index in [9.17, 15) is 17.6 Å². The first-order valence-electron chi connectivity index (χ1n) is 6.77. The van der Waals surface area contributed by atoms with E-state index in [4.69, 9.17) is 10.7 Å². The minimum absolute atomic E-state index is 0.0339. The van der Waals surface area contributed by atoms with Crippen molar-refractivity contribution in [3.63, 3.8) is 0 Å². The predicted molar refractivity (Wildman–Crippen MR) is 78.3 cm³/mol. The van der Waals surface area contributed by atoms with Crippen LogP contribution in [0.1, 0.15) is 37.0 Å². The third-order valence-electron chi connectivity index (χ3n) is 3.76. The molecule has 1 aromatic rings. The maximum atomic E-state index is 13.4. The zero-order valence-corrected chi connectivity index (χ0v) is 13.4. The van der Waals surface area contributed by atoms with E-state index < -0.39 is 20.8 Å². The van der Waals surface area contributed by atoms with Gasteiger partial charge in [-0.3, -0.25) is 4.79 Å². The van der Waals surface area contributed by atoms with Crippen LogP contribution < -0.4 is 0 Å². The van der Waals surface area contributed by atoms with Gasteiger partial charge in [-0.2, -0.15) is 0 Å². The first kappa shape index (κ1) is 16.2. The van der Waals surface area contributed by atoms with E-state index in [1.165, 1.54) is 0 Å². The van der Waals surface area contributed by atoms with Gasteiger partial charge in [-0.15, -0.1) is 0 Å². The summed E-state index contributed by atoms with van der Waals surface area (Å²) in [6, 6.07) is 2.99. The Morgan fingerprint density at radius 3 is 2.67 bits per heavy atom. The van der Waals surface area contributed by atoms with Gasteiger partial charge in [-0.25, -0.2) is 12.8 Å². The second-order valence-corrected chi connectivity index (χ2v) is 8.06. The topological polar surface area (TPSA) is 54.5 Å². The fraction of sp³-hybridized carbons (Fsp3) is 0.500. The summed E-state index contributed by atoms with van der Waals surface area (Å²) < 4.78 is 36.6. The Kier molecular flexibility index (Phi) is 4.58. The Balaban J connectivity index is 2.46. The molecule has 1 atom stereocenters. The molecule has 0 spiro atoms. The molecular formula is C14H17ClFNO3S. The summed E-state index contributed by atoms with van der Waals surface area (Å²) in [5.74, 6) is -0.895. The number of benzene rings is 1. The first-order valence-corrected chi connectivity index (χ1v) is 9.08. The van der Waals surface area contributed by atoms with Gasteiger partial charge in [-0.05, 0) is 37.0 Å². The molecule has 21 heavy (non-hydrogen) atoms. The second-order valence-electron chi connectivity index (χ2n) is 5.53. The average molecular weight is 334 g/mol. The molecule has 1 unspecified atom stereocenters. The predicted octanol–water partition coefficient (Wildman–Crippen LogP) is 3.01. The molecule has 7 heteroatoms. The van der Waals surface area contributed by atoms with Crippen LogP contribution in [0, 0.1) is 11.7 Å². The van der Waals surface area contributed by atoms with Crippen molar-refractivity contribution < 1.29 is 17.6 Å². The third-order valence-corrected chi connectivity index (χ3v) is 5.14. The maximum absolute atomic E-state index is 13.4. The van der Waals surface area contributed by atoms with E-state index in [2.05, 4.69) is 0 Å². The number of halogens is 2. The fourth-order valence-electron chi connectivity index (χ4n) is 2.77. The number of amides is 1. The Morgan fingerprint density at radius 2 is 2.10 bits per heavy atom. The second kappa shape index (κ2) is 5.93. The number of rotatable bonds is 3. The molecular weight excluding hydrogens is 317 g/mol. The molecule has 1 aliphatic rings. The van der Waals surface area contributed by atoms with Gasteiger partial charge in [-0.1, -0.05) is 13.8 Å². The van der Waals surface area contributed by atoms with Crippen molar-refractivity contribution in [3.05, 3.63) is 29.6 Å². The van der Waals surface area contributed by atoms with E-state index in [-0.39, 0.29) is 22.4 Å². The van der Waals surface area contributed by atoms with Gasteiger partial charge in [0.05, 0.1) is 10.5 Å². The van der Waals surface area contributed by atoms with Crippen LogP contribution in [0.15, 0.2) is 23.1 Å². The largest absolute Gasteiger partial charge is 0.335 e. The van der Waals surface area contributed by atoms with Crippen molar-refractivity contribution >= 4 is 25.6 Å². The summed E-state index contributed by atoms with van der Waals surface area (Å²) in [4.78, 5) is 13.9. The Hall–Kier alpha value is -1.14. The minimum atomic E-state index is -4.10. The summed E-state index contributed by atoms with van der Waals surface area (Å²) in [5.41, 5.74) is -0.197. The van der Waals surface area contributed by atoms with Crippen LogP contribution in [0.25, 0.3) is 0 Å². The lowest BCUT2D eigenvalue weighted by Crippen LogP contribution is -2.39. The van der Waals surface area contributed by atoms with Crippen LogP contribution in [-0.2, 0) is 9.05 Å². The number of nitrogens with zero attached hydrogens (tertiary/aromatic N) is 1. The molecule has 0 aromatic heterocycles. The van der Waals surface area contributed by atoms with Crippen LogP contribution in [0.4, 0.5) is 4.39 Å². The Bertz CT molecular complexity index is 660. The van der Waals surface area contributed by atoms with Crippen LogP contribution in [0.2, 0.25) is 0 Å². The molecule has 0 bridgehead atoms. The smallest absolute Gasteiger partial charge is 0.262 e. The lowest BCUT2D eigenvalue weighted by atomic mass is 10.0. The molecule has 1 amide bonds. The van der Waals surface area contributed by atoms with Crippen LogP contribution in [-0.4, -0.2) is 31.8 Å². The van der Waals surface area contributed by atoms with E-state index in [1.807, 2.05) is 13.8 Å². The summed E-state index contributed by atoms with van der Waals surface area (Å²) in [6.07, 6.45) is 1.72. The normalized spacial score (nSPS) is 19.3. The fourth-order valence-corrected chi connectivity index (χ4v) is 3.82. The van der Waals surface area contributed by atoms with E-state index in [0.29, 0.717) is 6.54 Å². The highest BCUT2D eigenvalue weighted by atomic mass is 35.7. The molecule has 1 aromatic carbocycles. The van der Waals surface area contributed by atoms with Crippen LogP contribution in [0.5, 0.6) is 0 Å². The first-order chi connectivity index (χ1) is 9.71. The third kappa shape index (κ3) is 3.37. The molecule has 1 heterocycles. The molecule has 1 fully saturated rings. The van der Waals surface area contributed by atoms with Crippen molar-refractivity contribution in [1.29, 1.82) is 0 Å². The van der Waals surface area contributed by atoms with Crippen LogP contribution >= 0.6 is 10.7 Å². The summed E-state index contributed by atoms with van der Waals surface area (Å²) in [7, 11) is 1.24. The number of hydrogen-bond acceptors (Lipinski definition) is 3. The summed E-state index contributed by atoms with van der Waals surface area (Å²) in [6.45, 7) is 4.54. The quantitative estimate of drug-likeness (QED) is 0.799.